The lowest BCUT2D eigenvalue weighted by Gasteiger charge is -2.23. The highest BCUT2D eigenvalue weighted by atomic mass is 32.1. The van der Waals surface area contributed by atoms with Crippen LogP contribution in [0.4, 0.5) is 4.79 Å². The van der Waals surface area contributed by atoms with Crippen LogP contribution in [0.2, 0.25) is 0 Å². The number of hydrogen-bond donors (Lipinski definition) is 1. The molecule has 0 radical (unpaired) electrons. The summed E-state index contributed by atoms with van der Waals surface area (Å²) in [5, 5.41) is 4.86. The molecular weight excluding hydrogens is 398 g/mol. The molecule has 7 heteroatoms. The molecule has 1 N–H and O–H groups in total. The van der Waals surface area contributed by atoms with E-state index >= 15 is 0 Å². The van der Waals surface area contributed by atoms with Crippen molar-refractivity contribution < 1.29 is 14.3 Å². The van der Waals surface area contributed by atoms with Crippen molar-refractivity contribution in [3.8, 4) is 0 Å². The fraction of sp³-hybridized carbons (Fsp3) is 0.174. The van der Waals surface area contributed by atoms with Crippen molar-refractivity contribution in [2.75, 3.05) is 0 Å². The lowest BCUT2D eigenvalue weighted by Crippen LogP contribution is -2.41. The number of aromatic nitrogens is 1. The van der Waals surface area contributed by atoms with Crippen molar-refractivity contribution in [3.05, 3.63) is 70.2 Å². The second kappa shape index (κ2) is 7.76. The Bertz CT molecular complexity index is 1190. The van der Waals surface area contributed by atoms with Crippen LogP contribution < -0.4 is 0 Å². The third kappa shape index (κ3) is 4.11. The Labute approximate surface area is 178 Å². The average molecular weight is 420 g/mol. The van der Waals surface area contributed by atoms with Crippen LogP contribution in [0.25, 0.3) is 23.1 Å². The molecule has 1 aromatic carbocycles. The summed E-state index contributed by atoms with van der Waals surface area (Å²) in [6, 6.07) is 9.79. The maximum absolute atomic E-state index is 12.9. The standard InChI is InChI=1S/C23H21N3O3S/c1-23(2,3)29-22(28)26-20(25-19(21(26)27)12-15-10-11-30-14-15)9-8-16-13-24-18-7-5-4-6-17(16)18/h4-14,24H,1-3H3/b9-8+,19-12-. The summed E-state index contributed by atoms with van der Waals surface area (Å²) < 4.78 is 5.43. The minimum Gasteiger partial charge on any atom is -0.443 e. The van der Waals surface area contributed by atoms with Gasteiger partial charge in [0.15, 0.2) is 0 Å². The maximum atomic E-state index is 12.9. The van der Waals surface area contributed by atoms with Gasteiger partial charge in [0.2, 0.25) is 0 Å². The summed E-state index contributed by atoms with van der Waals surface area (Å²) in [5.41, 5.74) is 2.25. The zero-order chi connectivity index (χ0) is 21.3. The summed E-state index contributed by atoms with van der Waals surface area (Å²) >= 11 is 1.52. The summed E-state index contributed by atoms with van der Waals surface area (Å²) in [6.45, 7) is 5.27. The molecule has 30 heavy (non-hydrogen) atoms. The number of amides is 2. The Hall–Kier alpha value is -3.45. The Kier molecular flexibility index (Phi) is 5.13. The summed E-state index contributed by atoms with van der Waals surface area (Å²) in [7, 11) is 0. The molecule has 2 amide bonds. The molecule has 1 aliphatic heterocycles. The average Bonchev–Trinajstić information content (AvgIpc) is 3.39. The molecule has 0 unspecified atom stereocenters. The van der Waals surface area contributed by atoms with Crippen molar-refractivity contribution in [1.29, 1.82) is 0 Å². The van der Waals surface area contributed by atoms with Gasteiger partial charge in [0.25, 0.3) is 5.91 Å². The topological polar surface area (TPSA) is 74.8 Å². The lowest BCUT2D eigenvalue weighted by molar-refractivity contribution is -0.122. The van der Waals surface area contributed by atoms with E-state index in [1.54, 1.807) is 32.9 Å². The second-order valence-corrected chi connectivity index (χ2v) is 8.58. The van der Waals surface area contributed by atoms with Gasteiger partial charge in [-0.1, -0.05) is 18.2 Å². The van der Waals surface area contributed by atoms with Crippen molar-refractivity contribution in [2.24, 2.45) is 4.99 Å². The molecule has 0 fully saturated rings. The number of hydrogen-bond acceptors (Lipinski definition) is 5. The van der Waals surface area contributed by atoms with Gasteiger partial charge in [-0.15, -0.1) is 0 Å². The number of carbonyl (C=O) groups is 2. The van der Waals surface area contributed by atoms with Gasteiger partial charge in [0, 0.05) is 17.1 Å². The number of H-pyrrole nitrogens is 1. The first-order valence-corrected chi connectivity index (χ1v) is 10.4. The Balaban J connectivity index is 1.70. The monoisotopic (exact) mass is 419 g/mol. The van der Waals surface area contributed by atoms with Crippen LogP contribution >= 0.6 is 11.3 Å². The SMILES string of the molecule is CC(C)(C)OC(=O)N1C(=O)/C(=C/c2ccsc2)N=C1/C=C/c1c[nH]c2ccccc12. The number of imide groups is 1. The largest absolute Gasteiger partial charge is 0.443 e. The number of aromatic amines is 1. The van der Waals surface area contributed by atoms with Gasteiger partial charge in [0.1, 0.15) is 17.1 Å². The Morgan fingerprint density at radius 1 is 1.20 bits per heavy atom. The van der Waals surface area contributed by atoms with Gasteiger partial charge < -0.3 is 9.72 Å². The molecule has 2 aromatic heterocycles. The van der Waals surface area contributed by atoms with E-state index in [1.165, 1.54) is 11.3 Å². The number of aliphatic imine (C=N–C) groups is 1. The number of benzene rings is 1. The number of fused-ring (bicyclic) bond motifs is 1. The third-order valence-electron chi connectivity index (χ3n) is 4.34. The van der Waals surface area contributed by atoms with Crippen LogP contribution in [0, 0.1) is 0 Å². The van der Waals surface area contributed by atoms with E-state index in [0.717, 1.165) is 26.9 Å². The first-order valence-electron chi connectivity index (χ1n) is 9.46. The first-order chi connectivity index (χ1) is 14.3. The maximum Gasteiger partial charge on any atom is 0.423 e. The molecule has 0 aliphatic carbocycles. The van der Waals surface area contributed by atoms with Gasteiger partial charge in [-0.2, -0.15) is 16.2 Å². The van der Waals surface area contributed by atoms with Crippen LogP contribution in [0.15, 0.2) is 64.1 Å². The van der Waals surface area contributed by atoms with E-state index in [-0.39, 0.29) is 11.5 Å². The van der Waals surface area contributed by atoms with Crippen molar-refractivity contribution in [1.82, 2.24) is 9.88 Å². The fourth-order valence-electron chi connectivity index (χ4n) is 3.04. The van der Waals surface area contributed by atoms with E-state index in [4.69, 9.17) is 4.74 Å². The van der Waals surface area contributed by atoms with Crippen molar-refractivity contribution >= 4 is 52.2 Å². The molecule has 0 spiro atoms. The fourth-order valence-corrected chi connectivity index (χ4v) is 3.66. The van der Waals surface area contributed by atoms with E-state index in [2.05, 4.69) is 9.98 Å². The van der Waals surface area contributed by atoms with Gasteiger partial charge >= 0.3 is 6.09 Å². The molecule has 0 bridgehead atoms. The molecule has 1 aliphatic rings. The highest BCUT2D eigenvalue weighted by Gasteiger charge is 2.37. The number of rotatable bonds is 3. The highest BCUT2D eigenvalue weighted by Crippen LogP contribution is 2.24. The van der Waals surface area contributed by atoms with E-state index < -0.39 is 17.6 Å². The molecule has 0 atom stereocenters. The van der Waals surface area contributed by atoms with E-state index in [9.17, 15) is 9.59 Å². The summed E-state index contributed by atoms with van der Waals surface area (Å²) in [6.07, 6.45) is 6.28. The molecule has 0 saturated heterocycles. The van der Waals surface area contributed by atoms with Crippen LogP contribution in [0.1, 0.15) is 31.9 Å². The summed E-state index contributed by atoms with van der Waals surface area (Å²) in [5.74, 6) is -0.282. The van der Waals surface area contributed by atoms with E-state index in [1.807, 2.05) is 53.4 Å². The molecule has 3 heterocycles. The predicted octanol–water partition coefficient (Wildman–Crippen LogP) is 5.46. The number of carbonyl (C=O) groups excluding carboxylic acids is 2. The number of nitrogens with one attached hydrogen (secondary N) is 1. The normalized spacial score (nSPS) is 16.1. The highest BCUT2D eigenvalue weighted by molar-refractivity contribution is 7.08. The summed E-state index contributed by atoms with van der Waals surface area (Å²) in [4.78, 5) is 34.3. The number of thiophene rings is 1. The van der Waals surface area contributed by atoms with Crippen LogP contribution in [-0.4, -0.2) is 33.3 Å². The van der Waals surface area contributed by atoms with Crippen LogP contribution in [0.5, 0.6) is 0 Å². The minimum atomic E-state index is -0.747. The Morgan fingerprint density at radius 2 is 2.00 bits per heavy atom. The zero-order valence-corrected chi connectivity index (χ0v) is 17.7. The smallest absolute Gasteiger partial charge is 0.423 e. The van der Waals surface area contributed by atoms with Crippen molar-refractivity contribution in [2.45, 2.75) is 26.4 Å². The minimum absolute atomic E-state index is 0.192. The zero-order valence-electron chi connectivity index (χ0n) is 16.9. The van der Waals surface area contributed by atoms with Crippen LogP contribution in [0.3, 0.4) is 0 Å². The quantitative estimate of drug-likeness (QED) is 0.573. The molecule has 6 nitrogen and oxygen atoms in total. The van der Waals surface area contributed by atoms with Gasteiger partial charge in [-0.05, 0) is 73.0 Å². The Morgan fingerprint density at radius 3 is 2.73 bits per heavy atom. The van der Waals surface area contributed by atoms with Gasteiger partial charge in [0.05, 0.1) is 0 Å². The molecule has 3 aromatic rings. The first kappa shape index (κ1) is 19.8. The second-order valence-electron chi connectivity index (χ2n) is 7.80. The van der Waals surface area contributed by atoms with Crippen molar-refractivity contribution in [3.63, 3.8) is 0 Å². The van der Waals surface area contributed by atoms with Gasteiger partial charge in [-0.25, -0.2) is 9.79 Å². The number of amidine groups is 1. The number of nitrogens with zero attached hydrogens (tertiary/aromatic N) is 2. The van der Waals surface area contributed by atoms with Crippen LogP contribution in [-0.2, 0) is 9.53 Å². The number of para-hydroxylation sites is 1. The molecular formula is C23H21N3O3S. The molecule has 152 valence electrons. The molecule has 0 saturated carbocycles. The third-order valence-corrected chi connectivity index (χ3v) is 5.04. The van der Waals surface area contributed by atoms with E-state index in [0.29, 0.717) is 0 Å². The molecule has 4 rings (SSSR count). The number of ether oxygens (including phenoxy) is 1. The predicted molar refractivity (Wildman–Crippen MR) is 120 cm³/mol. The van der Waals surface area contributed by atoms with Gasteiger partial charge in [-0.3, -0.25) is 4.79 Å². The lowest BCUT2D eigenvalue weighted by atomic mass is 10.1.